The van der Waals surface area contributed by atoms with Gasteiger partial charge in [-0.15, -0.1) is 0 Å². The molecule has 1 N–H and O–H groups in total. The highest BCUT2D eigenvalue weighted by Gasteiger charge is 2.30. The van der Waals surface area contributed by atoms with Gasteiger partial charge in [0.15, 0.2) is 0 Å². The van der Waals surface area contributed by atoms with Crippen LogP contribution in [0.2, 0.25) is 0 Å². The Morgan fingerprint density at radius 2 is 1.65 bits per heavy atom. The molecule has 0 aliphatic heterocycles. The number of rotatable bonds is 3. The number of hydrogen-bond donors (Lipinski definition) is 1. The lowest BCUT2D eigenvalue weighted by molar-refractivity contribution is -0.137. The van der Waals surface area contributed by atoms with Crippen LogP contribution in [0.5, 0.6) is 0 Å². The van der Waals surface area contributed by atoms with Crippen molar-refractivity contribution in [2.75, 3.05) is 7.11 Å². The minimum atomic E-state index is -4.52. The van der Waals surface area contributed by atoms with Crippen LogP contribution < -0.4 is 0 Å². The maximum atomic E-state index is 12.8. The summed E-state index contributed by atoms with van der Waals surface area (Å²) in [5.41, 5.74) is -0.819. The number of aromatic carboxylic acids is 1. The summed E-state index contributed by atoms with van der Waals surface area (Å²) >= 11 is 0. The van der Waals surface area contributed by atoms with E-state index in [-0.39, 0.29) is 22.3 Å². The van der Waals surface area contributed by atoms with E-state index in [1.807, 2.05) is 0 Å². The number of carboxylic acids is 1. The van der Waals surface area contributed by atoms with E-state index in [0.29, 0.717) is 0 Å². The second-order valence-corrected chi connectivity index (χ2v) is 4.67. The number of carbonyl (C=O) groups excluding carboxylic acids is 1. The lowest BCUT2D eigenvalue weighted by Crippen LogP contribution is -2.06. The van der Waals surface area contributed by atoms with Gasteiger partial charge in [-0.05, 0) is 41.5 Å². The molecule has 0 aliphatic carbocycles. The first kappa shape index (κ1) is 16.5. The highest BCUT2D eigenvalue weighted by Crippen LogP contribution is 2.32. The van der Waals surface area contributed by atoms with Gasteiger partial charge in [-0.3, -0.25) is 0 Å². The van der Waals surface area contributed by atoms with Crippen LogP contribution in [0, 0.1) is 0 Å². The van der Waals surface area contributed by atoms with Crippen molar-refractivity contribution in [3.05, 3.63) is 59.2 Å². The maximum Gasteiger partial charge on any atom is 0.416 e. The molecule has 7 heteroatoms. The van der Waals surface area contributed by atoms with Crippen molar-refractivity contribution in [2.24, 2.45) is 0 Å². The Morgan fingerprint density at radius 3 is 2.22 bits per heavy atom. The quantitative estimate of drug-likeness (QED) is 0.871. The van der Waals surface area contributed by atoms with Crippen molar-refractivity contribution in [2.45, 2.75) is 6.18 Å². The summed E-state index contributed by atoms with van der Waals surface area (Å²) in [6.07, 6.45) is -4.52. The van der Waals surface area contributed by atoms with E-state index in [1.165, 1.54) is 24.3 Å². The topological polar surface area (TPSA) is 63.6 Å². The van der Waals surface area contributed by atoms with Gasteiger partial charge >= 0.3 is 18.1 Å². The van der Waals surface area contributed by atoms with Gasteiger partial charge in [0.05, 0.1) is 23.8 Å². The van der Waals surface area contributed by atoms with Gasteiger partial charge < -0.3 is 9.84 Å². The van der Waals surface area contributed by atoms with Gasteiger partial charge in [0.25, 0.3) is 0 Å². The molecule has 0 heterocycles. The summed E-state index contributed by atoms with van der Waals surface area (Å²) in [6.45, 7) is 0. The van der Waals surface area contributed by atoms with Crippen molar-refractivity contribution in [1.29, 1.82) is 0 Å². The van der Waals surface area contributed by atoms with Crippen LogP contribution in [0.15, 0.2) is 42.5 Å². The average Bonchev–Trinajstić information content (AvgIpc) is 2.53. The third-order valence-corrected chi connectivity index (χ3v) is 3.12. The summed E-state index contributed by atoms with van der Waals surface area (Å²) < 4.78 is 42.9. The third kappa shape index (κ3) is 3.68. The molecular formula is C16H11F3O4. The zero-order valence-electron chi connectivity index (χ0n) is 11.8. The third-order valence-electron chi connectivity index (χ3n) is 3.12. The lowest BCUT2D eigenvalue weighted by atomic mass is 9.98. The van der Waals surface area contributed by atoms with E-state index >= 15 is 0 Å². The second-order valence-electron chi connectivity index (χ2n) is 4.67. The highest BCUT2D eigenvalue weighted by atomic mass is 19.4. The summed E-state index contributed by atoms with van der Waals surface area (Å²) in [6, 6.07) is 8.00. The summed E-state index contributed by atoms with van der Waals surface area (Å²) in [4.78, 5) is 22.7. The van der Waals surface area contributed by atoms with Gasteiger partial charge in [-0.1, -0.05) is 12.1 Å². The Morgan fingerprint density at radius 1 is 1.00 bits per heavy atom. The molecule has 4 nitrogen and oxygen atoms in total. The Balaban J connectivity index is 2.61. The van der Waals surface area contributed by atoms with Crippen LogP contribution in [-0.4, -0.2) is 24.2 Å². The number of carboxylic acid groups (broad SMARTS) is 1. The van der Waals surface area contributed by atoms with Crippen LogP contribution in [0.3, 0.4) is 0 Å². The SMILES string of the molecule is COC(=O)c1cc(C(=O)O)cc(-c2cccc(C(F)(F)F)c2)c1. The fourth-order valence-corrected chi connectivity index (χ4v) is 2.03. The number of alkyl halides is 3. The molecule has 0 fully saturated rings. The normalized spacial score (nSPS) is 11.1. The van der Waals surface area contributed by atoms with Crippen LogP contribution in [0.25, 0.3) is 11.1 Å². The largest absolute Gasteiger partial charge is 0.478 e. The number of benzene rings is 2. The Labute approximate surface area is 129 Å². The Hall–Kier alpha value is -2.83. The molecule has 0 amide bonds. The monoisotopic (exact) mass is 324 g/mol. The molecule has 120 valence electrons. The number of methoxy groups -OCH3 is 1. The number of carbonyl (C=O) groups is 2. The summed E-state index contributed by atoms with van der Waals surface area (Å²) in [7, 11) is 1.12. The molecule has 0 spiro atoms. The van der Waals surface area contributed by atoms with E-state index in [2.05, 4.69) is 4.74 Å². The average molecular weight is 324 g/mol. The van der Waals surface area contributed by atoms with Crippen molar-refractivity contribution in [3.8, 4) is 11.1 Å². The standard InChI is InChI=1S/C16H11F3O4/c1-23-15(22)12-6-10(5-11(7-12)14(20)21)9-3-2-4-13(8-9)16(17,18)19/h2-8H,1H3,(H,20,21). The highest BCUT2D eigenvalue weighted by molar-refractivity contribution is 5.96. The fourth-order valence-electron chi connectivity index (χ4n) is 2.03. The summed E-state index contributed by atoms with van der Waals surface area (Å²) in [5, 5.41) is 9.09. The van der Waals surface area contributed by atoms with E-state index in [1.54, 1.807) is 0 Å². The van der Waals surface area contributed by atoms with E-state index in [4.69, 9.17) is 5.11 Å². The Kier molecular flexibility index (Phi) is 4.40. The molecule has 0 aromatic heterocycles. The molecule has 0 saturated heterocycles. The van der Waals surface area contributed by atoms with E-state index < -0.39 is 23.7 Å². The van der Waals surface area contributed by atoms with Crippen LogP contribution >= 0.6 is 0 Å². The van der Waals surface area contributed by atoms with Crippen molar-refractivity contribution >= 4 is 11.9 Å². The van der Waals surface area contributed by atoms with Gasteiger partial charge in [0.2, 0.25) is 0 Å². The van der Waals surface area contributed by atoms with Crippen molar-refractivity contribution in [3.63, 3.8) is 0 Å². The number of esters is 1. The van der Waals surface area contributed by atoms with Crippen molar-refractivity contribution < 1.29 is 32.6 Å². The smallest absolute Gasteiger partial charge is 0.416 e. The molecule has 2 aromatic carbocycles. The first-order chi connectivity index (χ1) is 10.7. The molecular weight excluding hydrogens is 313 g/mol. The zero-order chi connectivity index (χ0) is 17.2. The molecule has 23 heavy (non-hydrogen) atoms. The summed E-state index contributed by atoms with van der Waals surface area (Å²) in [5.74, 6) is -2.08. The predicted molar refractivity (Wildman–Crippen MR) is 75.2 cm³/mol. The van der Waals surface area contributed by atoms with Crippen LogP contribution in [-0.2, 0) is 10.9 Å². The van der Waals surface area contributed by atoms with Crippen molar-refractivity contribution in [1.82, 2.24) is 0 Å². The van der Waals surface area contributed by atoms with Gasteiger partial charge in [-0.2, -0.15) is 13.2 Å². The van der Waals surface area contributed by atoms with E-state index in [0.717, 1.165) is 25.3 Å². The second kappa shape index (κ2) is 6.12. The van der Waals surface area contributed by atoms with Gasteiger partial charge in [-0.25, -0.2) is 9.59 Å². The predicted octanol–water partition coefficient (Wildman–Crippen LogP) is 3.86. The molecule has 0 unspecified atom stereocenters. The Bertz CT molecular complexity index is 766. The minimum Gasteiger partial charge on any atom is -0.478 e. The zero-order valence-corrected chi connectivity index (χ0v) is 11.8. The van der Waals surface area contributed by atoms with E-state index in [9.17, 15) is 22.8 Å². The maximum absolute atomic E-state index is 12.8. The fraction of sp³-hybridized carbons (Fsp3) is 0.125. The lowest BCUT2D eigenvalue weighted by Gasteiger charge is -2.10. The molecule has 2 aromatic rings. The minimum absolute atomic E-state index is 0.0557. The molecule has 0 saturated carbocycles. The van der Waals surface area contributed by atoms with Crippen LogP contribution in [0.4, 0.5) is 13.2 Å². The number of hydrogen-bond acceptors (Lipinski definition) is 3. The van der Waals surface area contributed by atoms with Crippen LogP contribution in [0.1, 0.15) is 26.3 Å². The number of ether oxygens (including phenoxy) is 1. The number of halogens is 3. The molecule has 0 atom stereocenters. The molecule has 0 radical (unpaired) electrons. The molecule has 0 aliphatic rings. The van der Waals surface area contributed by atoms with Gasteiger partial charge in [0, 0.05) is 0 Å². The first-order valence-electron chi connectivity index (χ1n) is 6.36. The molecule has 2 rings (SSSR count). The molecule has 0 bridgehead atoms. The first-order valence-corrected chi connectivity index (χ1v) is 6.36. The van der Waals surface area contributed by atoms with Gasteiger partial charge in [0.1, 0.15) is 0 Å².